The number of carbonyl (C=O) groups excluding carboxylic acids is 1. The highest BCUT2D eigenvalue weighted by Crippen LogP contribution is 2.32. The summed E-state index contributed by atoms with van der Waals surface area (Å²) in [7, 11) is 0. The molecule has 0 aliphatic carbocycles. The predicted molar refractivity (Wildman–Crippen MR) is 143 cm³/mol. The highest BCUT2D eigenvalue weighted by atomic mass is 35.5. The van der Waals surface area contributed by atoms with Crippen LogP contribution in [0.15, 0.2) is 76.3 Å². The van der Waals surface area contributed by atoms with Gasteiger partial charge in [-0.2, -0.15) is 0 Å². The van der Waals surface area contributed by atoms with Crippen LogP contribution in [0.3, 0.4) is 0 Å². The number of nitrogens with one attached hydrogen (secondary N) is 2. The second kappa shape index (κ2) is 9.05. The summed E-state index contributed by atoms with van der Waals surface area (Å²) in [6, 6.07) is 19.1. The van der Waals surface area contributed by atoms with Gasteiger partial charge in [0.15, 0.2) is 0 Å². The summed E-state index contributed by atoms with van der Waals surface area (Å²) in [6.45, 7) is 3.97. The van der Waals surface area contributed by atoms with Crippen LogP contribution in [0.25, 0.3) is 27.5 Å². The minimum absolute atomic E-state index is 0.172. The van der Waals surface area contributed by atoms with E-state index in [0.29, 0.717) is 32.5 Å². The number of nitrogens with two attached hydrogens (primary N) is 1. The zero-order valence-electron chi connectivity index (χ0n) is 19.7. The van der Waals surface area contributed by atoms with Crippen LogP contribution >= 0.6 is 11.6 Å². The smallest absolute Gasteiger partial charge is 0.333 e. The Labute approximate surface area is 210 Å². The Morgan fingerprint density at radius 1 is 1.03 bits per heavy atom. The summed E-state index contributed by atoms with van der Waals surface area (Å²) in [4.78, 5) is 43.4. The van der Waals surface area contributed by atoms with Crippen molar-refractivity contribution in [3.8, 4) is 5.69 Å². The molecule has 0 atom stereocenters. The third-order valence-electron chi connectivity index (χ3n) is 5.95. The van der Waals surface area contributed by atoms with Crippen molar-refractivity contribution in [2.75, 3.05) is 5.73 Å². The number of anilines is 1. The number of aromatic nitrogens is 3. The summed E-state index contributed by atoms with van der Waals surface area (Å²) in [5, 5.41) is 4.15. The molecule has 2 aromatic heterocycles. The number of halogens is 1. The normalized spacial score (nSPS) is 11.4. The fourth-order valence-electron chi connectivity index (χ4n) is 4.50. The largest absolute Gasteiger partial charge is 0.399 e. The number of hydrogen-bond donors (Lipinski definition) is 3. The van der Waals surface area contributed by atoms with Crippen LogP contribution in [0, 0.1) is 0 Å². The molecule has 5 rings (SSSR count). The van der Waals surface area contributed by atoms with Gasteiger partial charge in [-0.15, -0.1) is 0 Å². The molecular weight excluding hydrogens is 478 g/mol. The highest BCUT2D eigenvalue weighted by molar-refractivity contribution is 6.31. The zero-order valence-corrected chi connectivity index (χ0v) is 20.5. The number of rotatable bonds is 5. The number of nitrogens with zero attached hydrogens (tertiary/aromatic N) is 2. The quantitative estimate of drug-likeness (QED) is 0.315. The summed E-state index contributed by atoms with van der Waals surface area (Å²) in [5.41, 5.74) is 7.66. The Kier molecular flexibility index (Phi) is 5.89. The fraction of sp³-hybridized carbons (Fsp3) is 0.148. The second-order valence-corrected chi connectivity index (χ2v) is 9.37. The molecule has 36 heavy (non-hydrogen) atoms. The molecule has 0 saturated heterocycles. The first-order valence-electron chi connectivity index (χ1n) is 11.5. The van der Waals surface area contributed by atoms with Crippen LogP contribution in [0.2, 0.25) is 5.02 Å². The van der Waals surface area contributed by atoms with Crippen LogP contribution in [-0.4, -0.2) is 26.1 Å². The van der Waals surface area contributed by atoms with Gasteiger partial charge in [0.2, 0.25) is 0 Å². The predicted octanol–water partition coefficient (Wildman–Crippen LogP) is 4.06. The maximum absolute atomic E-state index is 13.7. The highest BCUT2D eigenvalue weighted by Gasteiger charge is 2.27. The molecular formula is C27H24ClN5O3. The van der Waals surface area contributed by atoms with Crippen LogP contribution in [0.1, 0.15) is 29.9 Å². The summed E-state index contributed by atoms with van der Waals surface area (Å²) < 4.78 is 2.81. The Hall–Kier alpha value is -4.30. The van der Waals surface area contributed by atoms with Crippen molar-refractivity contribution < 1.29 is 4.79 Å². The van der Waals surface area contributed by atoms with Gasteiger partial charge in [-0.25, -0.2) is 9.36 Å². The number of hydrogen-bond acceptors (Lipinski definition) is 4. The molecule has 9 heteroatoms. The Morgan fingerprint density at radius 2 is 1.81 bits per heavy atom. The van der Waals surface area contributed by atoms with Gasteiger partial charge in [0.05, 0.1) is 22.1 Å². The molecule has 0 aliphatic rings. The van der Waals surface area contributed by atoms with Crippen molar-refractivity contribution in [1.82, 2.24) is 19.4 Å². The minimum atomic E-state index is -0.653. The van der Waals surface area contributed by atoms with Gasteiger partial charge in [-0.1, -0.05) is 35.9 Å². The number of fused-ring (bicyclic) bond motifs is 2. The van der Waals surface area contributed by atoms with Crippen molar-refractivity contribution >= 4 is 45.0 Å². The van der Waals surface area contributed by atoms with E-state index in [1.807, 2.05) is 32.0 Å². The van der Waals surface area contributed by atoms with E-state index in [0.717, 1.165) is 10.1 Å². The van der Waals surface area contributed by atoms with Gasteiger partial charge in [0.25, 0.3) is 11.5 Å². The first-order chi connectivity index (χ1) is 17.2. The van der Waals surface area contributed by atoms with Crippen molar-refractivity contribution in [3.63, 3.8) is 0 Å². The number of amides is 1. The molecule has 0 aliphatic heterocycles. The van der Waals surface area contributed by atoms with Crippen LogP contribution < -0.4 is 22.3 Å². The lowest BCUT2D eigenvalue weighted by Crippen LogP contribution is -2.37. The van der Waals surface area contributed by atoms with Gasteiger partial charge in [0, 0.05) is 28.7 Å². The van der Waals surface area contributed by atoms with E-state index in [-0.39, 0.29) is 24.0 Å². The number of H-pyrrole nitrogens is 1. The fourth-order valence-corrected chi connectivity index (χ4v) is 4.67. The molecule has 0 saturated carbocycles. The lowest BCUT2D eigenvalue weighted by molar-refractivity contribution is 0.0934. The Bertz CT molecular complexity index is 1760. The topological polar surface area (TPSA) is 115 Å². The molecule has 3 aromatic carbocycles. The summed E-state index contributed by atoms with van der Waals surface area (Å²) >= 11 is 6.36. The molecule has 4 N–H and O–H groups in total. The third kappa shape index (κ3) is 4.05. The molecule has 8 nitrogen and oxygen atoms in total. The van der Waals surface area contributed by atoms with E-state index in [2.05, 4.69) is 10.3 Å². The van der Waals surface area contributed by atoms with Crippen molar-refractivity contribution in [3.05, 3.63) is 104 Å². The maximum Gasteiger partial charge on any atom is 0.333 e. The number of benzene rings is 3. The molecule has 0 unspecified atom stereocenters. The Morgan fingerprint density at radius 3 is 2.56 bits per heavy atom. The lowest BCUT2D eigenvalue weighted by atomic mass is 10.2. The number of aromatic amines is 1. The van der Waals surface area contributed by atoms with Crippen molar-refractivity contribution in [1.29, 1.82) is 0 Å². The first-order valence-corrected chi connectivity index (χ1v) is 11.8. The zero-order chi connectivity index (χ0) is 25.6. The van der Waals surface area contributed by atoms with Crippen molar-refractivity contribution in [2.45, 2.75) is 26.4 Å². The van der Waals surface area contributed by atoms with Gasteiger partial charge >= 0.3 is 5.69 Å². The maximum atomic E-state index is 13.7. The molecule has 0 bridgehead atoms. The van der Waals surface area contributed by atoms with Gasteiger partial charge < -0.3 is 20.6 Å². The van der Waals surface area contributed by atoms with E-state index in [9.17, 15) is 14.4 Å². The van der Waals surface area contributed by atoms with Gasteiger partial charge in [0.1, 0.15) is 5.69 Å². The molecule has 0 spiro atoms. The Balaban J connectivity index is 1.91. The van der Waals surface area contributed by atoms with Crippen molar-refractivity contribution in [2.24, 2.45) is 0 Å². The average molecular weight is 502 g/mol. The van der Waals surface area contributed by atoms with Gasteiger partial charge in [-0.3, -0.25) is 9.59 Å². The number of para-hydroxylation sites is 1. The molecule has 5 aromatic rings. The molecule has 0 fully saturated rings. The molecule has 0 radical (unpaired) electrons. The van der Waals surface area contributed by atoms with Crippen LogP contribution in [-0.2, 0) is 6.54 Å². The number of carbonyl (C=O) groups is 1. The number of nitrogen functional groups attached to an aromatic ring is 1. The summed E-state index contributed by atoms with van der Waals surface area (Å²) in [6.07, 6.45) is 0. The van der Waals surface area contributed by atoms with Crippen LogP contribution in [0.4, 0.5) is 5.69 Å². The standard InChI is InChI=1S/C27H24ClN5O3/c1-15(2)30-25(34)24-23(33-26(35)19-8-3-4-9-21(19)31-27(33)36)20-13-17(28)10-11-22(20)32(24)14-16-6-5-7-18(29)12-16/h3-13,15H,14,29H2,1-2H3,(H,30,34)(H,31,36). The lowest BCUT2D eigenvalue weighted by Gasteiger charge is -2.15. The minimum Gasteiger partial charge on any atom is -0.399 e. The van der Waals surface area contributed by atoms with Gasteiger partial charge in [-0.05, 0) is 61.9 Å². The average Bonchev–Trinajstić information content (AvgIpc) is 3.11. The SMILES string of the molecule is CC(C)NC(=O)c1c(-n2c(=O)[nH]c3ccccc3c2=O)c2cc(Cl)ccc2n1Cc1cccc(N)c1. The van der Waals surface area contributed by atoms with E-state index >= 15 is 0 Å². The molecule has 2 heterocycles. The first kappa shape index (κ1) is 23.4. The molecule has 182 valence electrons. The second-order valence-electron chi connectivity index (χ2n) is 8.93. The van der Waals surface area contributed by atoms with E-state index in [1.165, 1.54) is 0 Å². The summed E-state index contributed by atoms with van der Waals surface area (Å²) in [5.74, 6) is -0.421. The van der Waals surface area contributed by atoms with E-state index in [4.69, 9.17) is 17.3 Å². The molecule has 1 amide bonds. The van der Waals surface area contributed by atoms with E-state index in [1.54, 1.807) is 53.1 Å². The monoisotopic (exact) mass is 501 g/mol. The van der Waals surface area contributed by atoms with Crippen LogP contribution in [0.5, 0.6) is 0 Å². The third-order valence-corrected chi connectivity index (χ3v) is 6.19. The van der Waals surface area contributed by atoms with E-state index < -0.39 is 17.2 Å².